The normalized spacial score (nSPS) is 21.8. The lowest BCUT2D eigenvalue weighted by atomic mass is 9.94. The van der Waals surface area contributed by atoms with Crippen LogP contribution in [0.4, 0.5) is 11.4 Å². The van der Waals surface area contributed by atoms with Gasteiger partial charge in [0.15, 0.2) is 9.84 Å². The molecule has 128 valence electrons. The fourth-order valence-electron chi connectivity index (χ4n) is 3.01. The van der Waals surface area contributed by atoms with E-state index in [9.17, 15) is 18.5 Å². The van der Waals surface area contributed by atoms with Crippen LogP contribution in [0.2, 0.25) is 0 Å². The third-order valence-corrected chi connectivity index (χ3v) is 6.33. The maximum absolute atomic E-state index is 11.8. The minimum atomic E-state index is -3.65. The summed E-state index contributed by atoms with van der Waals surface area (Å²) in [6.07, 6.45) is 5.13. The first-order chi connectivity index (χ1) is 10.8. The minimum Gasteiger partial charge on any atom is -0.377 e. The molecule has 8 heteroatoms. The third kappa shape index (κ3) is 4.60. The van der Waals surface area contributed by atoms with Crippen LogP contribution in [-0.2, 0) is 9.84 Å². The zero-order valence-electron chi connectivity index (χ0n) is 13.3. The van der Waals surface area contributed by atoms with Crippen LogP contribution >= 0.6 is 11.8 Å². The molecule has 1 saturated carbocycles. The van der Waals surface area contributed by atoms with E-state index in [0.717, 1.165) is 31.3 Å². The number of nitro groups is 1. The van der Waals surface area contributed by atoms with Gasteiger partial charge in [-0.2, -0.15) is 11.8 Å². The van der Waals surface area contributed by atoms with E-state index < -0.39 is 14.8 Å². The standard InChI is InChI=1S/C15H22N2O4S2/c1-3-22-12-7-4-6-11(10-12)16-13-8-5-9-14(23(2,20)21)15(13)17(18)19/h5,8-9,11-12,16H,3-4,6-7,10H2,1-2H3. The molecular formula is C15H22N2O4S2. The average Bonchev–Trinajstić information content (AvgIpc) is 2.46. The highest BCUT2D eigenvalue weighted by atomic mass is 32.2. The number of rotatable bonds is 6. The van der Waals surface area contributed by atoms with Crippen molar-refractivity contribution in [3.05, 3.63) is 28.3 Å². The fourth-order valence-corrected chi connectivity index (χ4v) is 5.04. The molecule has 23 heavy (non-hydrogen) atoms. The summed E-state index contributed by atoms with van der Waals surface area (Å²) in [5.74, 6) is 1.06. The number of benzene rings is 1. The lowest BCUT2D eigenvalue weighted by molar-refractivity contribution is -0.386. The number of nitro benzene ring substituents is 1. The Bertz CT molecular complexity index is 674. The first-order valence-corrected chi connectivity index (χ1v) is 10.6. The van der Waals surface area contributed by atoms with Gasteiger partial charge in [0.1, 0.15) is 10.6 Å². The van der Waals surface area contributed by atoms with Crippen LogP contribution in [0.1, 0.15) is 32.6 Å². The fraction of sp³-hybridized carbons (Fsp3) is 0.600. The molecule has 0 spiro atoms. The van der Waals surface area contributed by atoms with Crippen LogP contribution in [0.5, 0.6) is 0 Å². The van der Waals surface area contributed by atoms with Gasteiger partial charge in [-0.3, -0.25) is 10.1 Å². The Morgan fingerprint density at radius 2 is 2.13 bits per heavy atom. The van der Waals surface area contributed by atoms with Gasteiger partial charge in [-0.1, -0.05) is 19.4 Å². The monoisotopic (exact) mass is 358 g/mol. The third-order valence-electron chi connectivity index (χ3n) is 3.97. The van der Waals surface area contributed by atoms with Crippen molar-refractivity contribution >= 4 is 33.0 Å². The van der Waals surface area contributed by atoms with Crippen LogP contribution in [0, 0.1) is 10.1 Å². The number of sulfone groups is 1. The van der Waals surface area contributed by atoms with Crippen molar-refractivity contribution in [1.82, 2.24) is 0 Å². The van der Waals surface area contributed by atoms with Crippen LogP contribution in [-0.4, -0.2) is 36.6 Å². The number of anilines is 1. The van der Waals surface area contributed by atoms with Crippen LogP contribution in [0.15, 0.2) is 23.1 Å². The van der Waals surface area contributed by atoms with Crippen molar-refractivity contribution in [3.8, 4) is 0 Å². The molecule has 0 aliphatic heterocycles. The highest BCUT2D eigenvalue weighted by molar-refractivity contribution is 7.99. The molecule has 6 nitrogen and oxygen atoms in total. The quantitative estimate of drug-likeness (QED) is 0.618. The SMILES string of the molecule is CCSC1CCCC(Nc2cccc(S(C)(=O)=O)c2[N+](=O)[O-])C1. The molecule has 1 N–H and O–H groups in total. The number of para-hydroxylation sites is 1. The Hall–Kier alpha value is -1.28. The number of thioether (sulfide) groups is 1. The summed E-state index contributed by atoms with van der Waals surface area (Å²) in [6.45, 7) is 2.13. The van der Waals surface area contributed by atoms with E-state index in [2.05, 4.69) is 12.2 Å². The highest BCUT2D eigenvalue weighted by Gasteiger charge is 2.29. The zero-order chi connectivity index (χ0) is 17.0. The van der Waals surface area contributed by atoms with Gasteiger partial charge in [0.2, 0.25) is 0 Å². The van der Waals surface area contributed by atoms with E-state index in [1.165, 1.54) is 12.5 Å². The first kappa shape index (κ1) is 18.1. The van der Waals surface area contributed by atoms with Crippen molar-refractivity contribution in [1.29, 1.82) is 0 Å². The summed E-state index contributed by atoms with van der Waals surface area (Å²) in [7, 11) is -3.65. The second-order valence-corrected chi connectivity index (χ2v) is 9.33. The maximum Gasteiger partial charge on any atom is 0.310 e. The lowest BCUT2D eigenvalue weighted by Gasteiger charge is -2.29. The Labute approximate surface area is 141 Å². The molecule has 2 rings (SSSR count). The summed E-state index contributed by atoms with van der Waals surface area (Å²) in [4.78, 5) is 10.5. The second kappa shape index (κ2) is 7.53. The molecule has 1 aromatic rings. The van der Waals surface area contributed by atoms with Gasteiger partial charge in [0.25, 0.3) is 0 Å². The van der Waals surface area contributed by atoms with Crippen molar-refractivity contribution in [2.45, 2.75) is 48.8 Å². The lowest BCUT2D eigenvalue weighted by Crippen LogP contribution is -2.29. The molecule has 1 fully saturated rings. The Morgan fingerprint density at radius 3 is 2.74 bits per heavy atom. The van der Waals surface area contributed by atoms with Crippen molar-refractivity contribution < 1.29 is 13.3 Å². The predicted octanol–water partition coefficient (Wildman–Crippen LogP) is 3.47. The van der Waals surface area contributed by atoms with Crippen LogP contribution in [0.3, 0.4) is 0 Å². The molecule has 1 aliphatic rings. The predicted molar refractivity (Wildman–Crippen MR) is 94.0 cm³/mol. The molecule has 0 heterocycles. The number of nitrogens with one attached hydrogen (secondary N) is 1. The molecule has 0 radical (unpaired) electrons. The molecule has 2 atom stereocenters. The Kier molecular flexibility index (Phi) is 5.91. The maximum atomic E-state index is 11.8. The smallest absolute Gasteiger partial charge is 0.310 e. The Balaban J connectivity index is 2.28. The van der Waals surface area contributed by atoms with Gasteiger partial charge < -0.3 is 5.32 Å². The van der Waals surface area contributed by atoms with Crippen molar-refractivity contribution in [3.63, 3.8) is 0 Å². The molecule has 0 saturated heterocycles. The van der Waals surface area contributed by atoms with E-state index in [1.807, 2.05) is 11.8 Å². The highest BCUT2D eigenvalue weighted by Crippen LogP contribution is 2.35. The van der Waals surface area contributed by atoms with Gasteiger partial charge in [-0.05, 0) is 37.1 Å². The molecule has 0 aromatic heterocycles. The first-order valence-electron chi connectivity index (χ1n) is 7.68. The van der Waals surface area contributed by atoms with E-state index in [1.54, 1.807) is 12.1 Å². The summed E-state index contributed by atoms with van der Waals surface area (Å²) in [5.41, 5.74) is -0.0506. The van der Waals surface area contributed by atoms with Crippen molar-refractivity contribution in [2.24, 2.45) is 0 Å². The molecule has 2 unspecified atom stereocenters. The van der Waals surface area contributed by atoms with Gasteiger partial charge in [-0.25, -0.2) is 8.42 Å². The minimum absolute atomic E-state index is 0.140. The van der Waals surface area contributed by atoms with E-state index in [0.29, 0.717) is 10.9 Å². The van der Waals surface area contributed by atoms with E-state index >= 15 is 0 Å². The summed E-state index contributed by atoms with van der Waals surface area (Å²) < 4.78 is 23.6. The molecular weight excluding hydrogens is 336 g/mol. The number of hydrogen-bond donors (Lipinski definition) is 1. The average molecular weight is 358 g/mol. The topological polar surface area (TPSA) is 89.3 Å². The number of nitrogens with zero attached hydrogens (tertiary/aromatic N) is 1. The van der Waals surface area contributed by atoms with Gasteiger partial charge in [-0.15, -0.1) is 0 Å². The second-order valence-electron chi connectivity index (χ2n) is 5.77. The molecule has 0 bridgehead atoms. The summed E-state index contributed by atoms with van der Waals surface area (Å²) >= 11 is 1.91. The molecule has 1 aliphatic carbocycles. The summed E-state index contributed by atoms with van der Waals surface area (Å²) in [6, 6.07) is 4.56. The molecule has 1 aromatic carbocycles. The Morgan fingerprint density at radius 1 is 1.39 bits per heavy atom. The summed E-state index contributed by atoms with van der Waals surface area (Å²) in [5, 5.41) is 15.2. The van der Waals surface area contributed by atoms with Crippen LogP contribution < -0.4 is 5.32 Å². The van der Waals surface area contributed by atoms with Gasteiger partial charge in [0.05, 0.1) is 4.92 Å². The zero-order valence-corrected chi connectivity index (χ0v) is 15.0. The van der Waals surface area contributed by atoms with E-state index in [4.69, 9.17) is 0 Å². The van der Waals surface area contributed by atoms with Crippen LogP contribution in [0.25, 0.3) is 0 Å². The molecule has 0 amide bonds. The van der Waals surface area contributed by atoms with E-state index in [-0.39, 0.29) is 16.6 Å². The number of hydrogen-bond acceptors (Lipinski definition) is 6. The largest absolute Gasteiger partial charge is 0.377 e. The van der Waals surface area contributed by atoms with Gasteiger partial charge in [0, 0.05) is 17.5 Å². The van der Waals surface area contributed by atoms with Gasteiger partial charge >= 0.3 is 5.69 Å². The van der Waals surface area contributed by atoms with Crippen molar-refractivity contribution in [2.75, 3.05) is 17.3 Å².